The number of ether oxygens (including phenoxy) is 1. The van der Waals surface area contributed by atoms with Crippen LogP contribution in [0.3, 0.4) is 0 Å². The zero-order chi connectivity index (χ0) is 13.1. The average molecular weight is 273 g/mol. The van der Waals surface area contributed by atoms with Gasteiger partial charge in [-0.3, -0.25) is 0 Å². The van der Waals surface area contributed by atoms with Crippen molar-refractivity contribution >= 4 is 29.6 Å². The Bertz CT molecular complexity index is 436. The van der Waals surface area contributed by atoms with E-state index in [0.717, 1.165) is 13.0 Å². The standard InChI is InChI=1S/C9H13ClN6O2/c10-6-13-7(11)15-9(14-6)16-2-1-5(3-16)4-18-8(12)17/h5H,1-4H2,(H2,12,17)(H2,11,13,14,15)/t5-/m1/s1. The molecule has 8 nitrogen and oxygen atoms in total. The number of carbonyl (C=O) groups is 1. The fraction of sp³-hybridized carbons (Fsp3) is 0.556. The van der Waals surface area contributed by atoms with Gasteiger partial charge in [-0.1, -0.05) is 0 Å². The highest BCUT2D eigenvalue weighted by Crippen LogP contribution is 2.22. The molecule has 0 aromatic carbocycles. The Kier molecular flexibility index (Phi) is 3.66. The van der Waals surface area contributed by atoms with Gasteiger partial charge >= 0.3 is 6.09 Å². The van der Waals surface area contributed by atoms with Crippen molar-refractivity contribution in [2.75, 3.05) is 30.3 Å². The molecule has 1 aliphatic heterocycles. The van der Waals surface area contributed by atoms with Crippen LogP contribution in [0.15, 0.2) is 0 Å². The molecule has 1 amide bonds. The number of nitrogens with two attached hydrogens (primary N) is 2. The Morgan fingerprint density at radius 2 is 2.28 bits per heavy atom. The zero-order valence-electron chi connectivity index (χ0n) is 9.54. The third-order valence-corrected chi connectivity index (χ3v) is 2.81. The molecule has 0 radical (unpaired) electrons. The molecule has 98 valence electrons. The number of aromatic nitrogens is 3. The number of anilines is 2. The lowest BCUT2D eigenvalue weighted by Gasteiger charge is -2.16. The maximum atomic E-state index is 10.5. The molecule has 1 atom stereocenters. The molecule has 1 aliphatic rings. The van der Waals surface area contributed by atoms with Gasteiger partial charge < -0.3 is 21.1 Å². The van der Waals surface area contributed by atoms with Gasteiger partial charge in [0.25, 0.3) is 0 Å². The van der Waals surface area contributed by atoms with Crippen molar-refractivity contribution in [2.45, 2.75) is 6.42 Å². The van der Waals surface area contributed by atoms with Gasteiger partial charge in [0.05, 0.1) is 6.61 Å². The van der Waals surface area contributed by atoms with E-state index in [1.807, 2.05) is 4.90 Å². The molecule has 0 bridgehead atoms. The van der Waals surface area contributed by atoms with E-state index in [9.17, 15) is 4.79 Å². The number of hydrogen-bond donors (Lipinski definition) is 2. The number of nitrogen functional groups attached to an aromatic ring is 1. The summed E-state index contributed by atoms with van der Waals surface area (Å²) in [6.07, 6.45) is 0.0946. The molecule has 0 aliphatic carbocycles. The second kappa shape index (κ2) is 5.21. The summed E-state index contributed by atoms with van der Waals surface area (Å²) in [5, 5.41) is 0.0642. The summed E-state index contributed by atoms with van der Waals surface area (Å²) < 4.78 is 4.77. The summed E-state index contributed by atoms with van der Waals surface area (Å²) in [5.41, 5.74) is 10.4. The third kappa shape index (κ3) is 3.10. The van der Waals surface area contributed by atoms with Crippen LogP contribution in [-0.4, -0.2) is 40.7 Å². The van der Waals surface area contributed by atoms with E-state index in [1.54, 1.807) is 0 Å². The highest BCUT2D eigenvalue weighted by Gasteiger charge is 2.25. The highest BCUT2D eigenvalue weighted by molar-refractivity contribution is 6.28. The quantitative estimate of drug-likeness (QED) is 0.796. The first-order valence-corrected chi connectivity index (χ1v) is 5.76. The van der Waals surface area contributed by atoms with Crippen LogP contribution in [0.1, 0.15) is 6.42 Å². The topological polar surface area (TPSA) is 120 Å². The zero-order valence-corrected chi connectivity index (χ0v) is 10.3. The molecule has 18 heavy (non-hydrogen) atoms. The van der Waals surface area contributed by atoms with E-state index in [-0.39, 0.29) is 17.1 Å². The number of halogens is 1. The van der Waals surface area contributed by atoms with Crippen LogP contribution in [0.25, 0.3) is 0 Å². The molecule has 0 unspecified atom stereocenters. The first-order chi connectivity index (χ1) is 8.54. The Hall–Kier alpha value is -1.83. The van der Waals surface area contributed by atoms with Crippen molar-refractivity contribution in [3.8, 4) is 0 Å². The predicted octanol–water partition coefficient (Wildman–Crippen LogP) is 0.0288. The van der Waals surface area contributed by atoms with Gasteiger partial charge in [-0.15, -0.1) is 0 Å². The van der Waals surface area contributed by atoms with Crippen LogP contribution in [0, 0.1) is 5.92 Å². The summed E-state index contributed by atoms with van der Waals surface area (Å²) in [6, 6.07) is 0. The number of primary amides is 1. The lowest BCUT2D eigenvalue weighted by molar-refractivity contribution is 0.140. The molecular formula is C9H13ClN6O2. The van der Waals surface area contributed by atoms with Gasteiger partial charge in [0.1, 0.15) is 0 Å². The van der Waals surface area contributed by atoms with E-state index >= 15 is 0 Å². The van der Waals surface area contributed by atoms with Gasteiger partial charge in [-0.25, -0.2) is 4.79 Å². The summed E-state index contributed by atoms with van der Waals surface area (Å²) in [7, 11) is 0. The lowest BCUT2D eigenvalue weighted by atomic mass is 10.1. The number of hydrogen-bond acceptors (Lipinski definition) is 7. The van der Waals surface area contributed by atoms with Crippen LogP contribution in [-0.2, 0) is 4.74 Å². The fourth-order valence-electron chi connectivity index (χ4n) is 1.85. The van der Waals surface area contributed by atoms with Gasteiger partial charge in [0, 0.05) is 19.0 Å². The van der Waals surface area contributed by atoms with Crippen molar-refractivity contribution < 1.29 is 9.53 Å². The lowest BCUT2D eigenvalue weighted by Crippen LogP contribution is -2.25. The minimum absolute atomic E-state index is 0.0642. The molecular weight excluding hydrogens is 260 g/mol. The summed E-state index contributed by atoms with van der Waals surface area (Å²) in [4.78, 5) is 24.1. The molecule has 1 aromatic heterocycles. The van der Waals surface area contributed by atoms with Crippen LogP contribution >= 0.6 is 11.6 Å². The van der Waals surface area contributed by atoms with Crippen molar-refractivity contribution in [3.63, 3.8) is 0 Å². The Morgan fingerprint density at radius 3 is 2.94 bits per heavy atom. The molecule has 1 saturated heterocycles. The SMILES string of the molecule is NC(=O)OC[C@@H]1CCN(c2nc(N)nc(Cl)n2)C1. The van der Waals surface area contributed by atoms with Crippen molar-refractivity contribution in [3.05, 3.63) is 5.28 Å². The molecule has 4 N–H and O–H groups in total. The van der Waals surface area contributed by atoms with E-state index in [4.69, 9.17) is 27.8 Å². The first kappa shape index (κ1) is 12.6. The predicted molar refractivity (Wildman–Crippen MR) is 65.1 cm³/mol. The molecule has 0 saturated carbocycles. The smallest absolute Gasteiger partial charge is 0.404 e. The number of rotatable bonds is 3. The minimum Gasteiger partial charge on any atom is -0.449 e. The van der Waals surface area contributed by atoms with Crippen molar-refractivity contribution in [2.24, 2.45) is 11.7 Å². The van der Waals surface area contributed by atoms with Crippen LogP contribution < -0.4 is 16.4 Å². The number of amides is 1. The Morgan fingerprint density at radius 1 is 1.50 bits per heavy atom. The molecule has 2 rings (SSSR count). The number of carbonyl (C=O) groups excluding carboxylic acids is 1. The van der Waals surface area contributed by atoms with E-state index in [0.29, 0.717) is 19.1 Å². The largest absolute Gasteiger partial charge is 0.449 e. The molecule has 1 fully saturated rings. The van der Waals surface area contributed by atoms with Gasteiger partial charge in [-0.05, 0) is 18.0 Å². The molecule has 9 heteroatoms. The number of nitrogens with zero attached hydrogens (tertiary/aromatic N) is 4. The second-order valence-corrected chi connectivity index (χ2v) is 4.33. The maximum absolute atomic E-state index is 10.5. The van der Waals surface area contributed by atoms with Gasteiger partial charge in [-0.2, -0.15) is 15.0 Å². The molecule has 0 spiro atoms. The van der Waals surface area contributed by atoms with Crippen LogP contribution in [0.5, 0.6) is 0 Å². The summed E-state index contributed by atoms with van der Waals surface area (Å²) in [5.74, 6) is 0.727. The van der Waals surface area contributed by atoms with Crippen LogP contribution in [0.2, 0.25) is 5.28 Å². The highest BCUT2D eigenvalue weighted by atomic mass is 35.5. The van der Waals surface area contributed by atoms with Crippen molar-refractivity contribution in [1.29, 1.82) is 0 Å². The van der Waals surface area contributed by atoms with E-state index in [1.165, 1.54) is 0 Å². The van der Waals surface area contributed by atoms with E-state index in [2.05, 4.69) is 15.0 Å². The normalized spacial score (nSPS) is 18.9. The minimum atomic E-state index is -0.763. The van der Waals surface area contributed by atoms with Crippen molar-refractivity contribution in [1.82, 2.24) is 15.0 Å². The van der Waals surface area contributed by atoms with Crippen LogP contribution in [0.4, 0.5) is 16.7 Å². The first-order valence-electron chi connectivity index (χ1n) is 5.39. The molecule has 2 heterocycles. The summed E-state index contributed by atoms with van der Waals surface area (Å²) in [6.45, 7) is 1.69. The summed E-state index contributed by atoms with van der Waals surface area (Å²) >= 11 is 5.71. The second-order valence-electron chi connectivity index (χ2n) is 3.99. The third-order valence-electron chi connectivity index (χ3n) is 2.64. The van der Waals surface area contributed by atoms with E-state index < -0.39 is 6.09 Å². The maximum Gasteiger partial charge on any atom is 0.404 e. The Balaban J connectivity index is 1.97. The Labute approximate surface area is 108 Å². The average Bonchev–Trinajstić information content (AvgIpc) is 2.73. The molecule has 1 aromatic rings. The monoisotopic (exact) mass is 272 g/mol. The van der Waals surface area contributed by atoms with Gasteiger partial charge in [0.2, 0.25) is 17.2 Å². The van der Waals surface area contributed by atoms with Gasteiger partial charge in [0.15, 0.2) is 0 Å². The fourth-order valence-corrected chi connectivity index (χ4v) is 2.01.